The molecule has 0 aromatic heterocycles. The van der Waals surface area contributed by atoms with Crippen molar-refractivity contribution in [2.45, 2.75) is 25.3 Å². The first-order valence-corrected chi connectivity index (χ1v) is 6.99. The summed E-state index contributed by atoms with van der Waals surface area (Å²) in [6.07, 6.45) is 7.84. The Balaban J connectivity index is 1.95. The number of aliphatic hydroxyl groups excluding tert-OH is 1. The van der Waals surface area contributed by atoms with Gasteiger partial charge in [0.2, 0.25) is 0 Å². The molecule has 1 unspecified atom stereocenters. The molecule has 3 heteroatoms. The van der Waals surface area contributed by atoms with E-state index in [9.17, 15) is 5.11 Å². The first-order chi connectivity index (χ1) is 9.35. The third-order valence-corrected chi connectivity index (χ3v) is 3.74. The van der Waals surface area contributed by atoms with Crippen LogP contribution in [0.2, 0.25) is 0 Å². The van der Waals surface area contributed by atoms with Gasteiger partial charge in [0.1, 0.15) is 5.75 Å². The minimum atomic E-state index is 0.266. The molecule has 1 atom stereocenters. The number of nitrogens with zero attached hydrogens (tertiary/aromatic N) is 1. The zero-order valence-corrected chi connectivity index (χ0v) is 11.6. The fraction of sp³-hybridized carbons (Fsp3) is 0.500. The molecule has 1 fully saturated rings. The second kappa shape index (κ2) is 7.31. The summed E-state index contributed by atoms with van der Waals surface area (Å²) in [6, 6.07) is 8.34. The Morgan fingerprint density at radius 1 is 1.37 bits per heavy atom. The van der Waals surface area contributed by atoms with Crippen molar-refractivity contribution in [3.05, 3.63) is 35.9 Å². The first-order valence-electron chi connectivity index (χ1n) is 6.99. The molecule has 0 amide bonds. The lowest BCUT2D eigenvalue weighted by Gasteiger charge is -2.33. The number of hydrogen-bond acceptors (Lipinski definition) is 3. The van der Waals surface area contributed by atoms with E-state index >= 15 is 0 Å². The van der Waals surface area contributed by atoms with Gasteiger partial charge in [0.15, 0.2) is 0 Å². The lowest BCUT2D eigenvalue weighted by Crippen LogP contribution is -2.41. The van der Waals surface area contributed by atoms with Crippen LogP contribution in [0.4, 0.5) is 0 Å². The number of para-hydroxylation sites is 1. The Bertz CT molecular complexity index is 417. The van der Waals surface area contributed by atoms with E-state index in [0.717, 1.165) is 30.8 Å². The van der Waals surface area contributed by atoms with Crippen LogP contribution in [0.15, 0.2) is 30.3 Å². The van der Waals surface area contributed by atoms with Crippen molar-refractivity contribution >= 4 is 6.08 Å². The third kappa shape index (κ3) is 3.82. The van der Waals surface area contributed by atoms with E-state index in [2.05, 4.69) is 23.1 Å². The molecule has 3 nitrogen and oxygen atoms in total. The van der Waals surface area contributed by atoms with Crippen molar-refractivity contribution in [1.82, 2.24) is 4.90 Å². The van der Waals surface area contributed by atoms with Crippen molar-refractivity contribution in [3.63, 3.8) is 0 Å². The van der Waals surface area contributed by atoms with Gasteiger partial charge in [0.25, 0.3) is 0 Å². The molecule has 0 aliphatic carbocycles. The van der Waals surface area contributed by atoms with Crippen molar-refractivity contribution < 1.29 is 9.84 Å². The van der Waals surface area contributed by atoms with Crippen molar-refractivity contribution in [3.8, 4) is 5.75 Å². The van der Waals surface area contributed by atoms with Gasteiger partial charge in [-0.25, -0.2) is 0 Å². The zero-order chi connectivity index (χ0) is 13.5. The summed E-state index contributed by atoms with van der Waals surface area (Å²) in [7, 11) is 1.69. The number of hydrogen-bond donors (Lipinski definition) is 1. The summed E-state index contributed by atoms with van der Waals surface area (Å²) in [5, 5.41) is 9.37. The highest BCUT2D eigenvalue weighted by Crippen LogP contribution is 2.20. The lowest BCUT2D eigenvalue weighted by molar-refractivity contribution is 0.101. The largest absolute Gasteiger partial charge is 0.496 e. The Kier molecular flexibility index (Phi) is 5.43. The highest BCUT2D eigenvalue weighted by Gasteiger charge is 2.19. The van der Waals surface area contributed by atoms with Gasteiger partial charge in [-0.05, 0) is 25.5 Å². The molecular formula is C16H23NO2. The number of methoxy groups -OCH3 is 1. The summed E-state index contributed by atoms with van der Waals surface area (Å²) >= 11 is 0. The molecule has 1 aromatic rings. The van der Waals surface area contributed by atoms with Crippen LogP contribution in [0.3, 0.4) is 0 Å². The average Bonchev–Trinajstić information content (AvgIpc) is 2.48. The Labute approximate surface area is 115 Å². The third-order valence-electron chi connectivity index (χ3n) is 3.74. The Hall–Kier alpha value is -1.32. The summed E-state index contributed by atoms with van der Waals surface area (Å²) < 4.78 is 5.33. The predicted molar refractivity (Wildman–Crippen MR) is 78.3 cm³/mol. The number of piperidine rings is 1. The Morgan fingerprint density at radius 3 is 3.00 bits per heavy atom. The molecular weight excluding hydrogens is 238 g/mol. The van der Waals surface area contributed by atoms with Crippen LogP contribution in [0.5, 0.6) is 5.75 Å². The molecule has 1 aliphatic heterocycles. The monoisotopic (exact) mass is 261 g/mol. The molecule has 19 heavy (non-hydrogen) atoms. The molecule has 1 aromatic carbocycles. The maximum absolute atomic E-state index is 9.37. The van der Waals surface area contributed by atoms with Crippen LogP contribution >= 0.6 is 0 Å². The summed E-state index contributed by atoms with van der Waals surface area (Å²) in [5.41, 5.74) is 1.10. The maximum atomic E-state index is 9.37. The zero-order valence-electron chi connectivity index (χ0n) is 11.6. The van der Waals surface area contributed by atoms with Gasteiger partial charge in [-0.2, -0.15) is 0 Å². The van der Waals surface area contributed by atoms with Crippen LogP contribution in [-0.4, -0.2) is 42.9 Å². The minimum absolute atomic E-state index is 0.266. The number of likely N-dealkylation sites (tertiary alicyclic amines) is 1. The highest BCUT2D eigenvalue weighted by atomic mass is 16.5. The molecule has 1 N–H and O–H groups in total. The number of ether oxygens (including phenoxy) is 1. The number of rotatable bonds is 5. The molecule has 1 saturated heterocycles. The van der Waals surface area contributed by atoms with E-state index in [4.69, 9.17) is 4.74 Å². The fourth-order valence-corrected chi connectivity index (χ4v) is 2.63. The van der Waals surface area contributed by atoms with Gasteiger partial charge in [0.05, 0.1) is 13.7 Å². The van der Waals surface area contributed by atoms with Crippen molar-refractivity contribution in [2.75, 3.05) is 26.8 Å². The first kappa shape index (κ1) is 14.1. The molecule has 0 bridgehead atoms. The van der Waals surface area contributed by atoms with Crippen molar-refractivity contribution in [1.29, 1.82) is 0 Å². The second-order valence-corrected chi connectivity index (χ2v) is 4.97. The molecule has 2 rings (SSSR count). The van der Waals surface area contributed by atoms with Crippen LogP contribution in [0.1, 0.15) is 24.8 Å². The predicted octanol–water partition coefficient (Wildman–Crippen LogP) is 2.56. The van der Waals surface area contributed by atoms with E-state index in [0.29, 0.717) is 6.04 Å². The minimum Gasteiger partial charge on any atom is -0.496 e. The lowest BCUT2D eigenvalue weighted by atomic mass is 10.0. The highest BCUT2D eigenvalue weighted by molar-refractivity contribution is 5.57. The van der Waals surface area contributed by atoms with Gasteiger partial charge in [-0.3, -0.25) is 4.90 Å². The standard InChI is InChI=1S/C16H23NO2/c1-19-16-10-3-2-7-14(16)8-6-12-17-11-5-4-9-15(17)13-18/h2-3,6-8,10,15,18H,4-5,9,11-13H2,1H3/b8-6+. The molecule has 0 radical (unpaired) electrons. The average molecular weight is 261 g/mol. The van der Waals surface area contributed by atoms with E-state index in [1.54, 1.807) is 7.11 Å². The van der Waals surface area contributed by atoms with Gasteiger partial charge in [-0.1, -0.05) is 36.8 Å². The molecule has 0 saturated carbocycles. The molecule has 1 aliphatic rings. The SMILES string of the molecule is COc1ccccc1/C=C/CN1CCCCC1CO. The van der Waals surface area contributed by atoms with E-state index < -0.39 is 0 Å². The maximum Gasteiger partial charge on any atom is 0.126 e. The van der Waals surface area contributed by atoms with Gasteiger partial charge in [-0.15, -0.1) is 0 Å². The van der Waals surface area contributed by atoms with Crippen molar-refractivity contribution in [2.24, 2.45) is 0 Å². The van der Waals surface area contributed by atoms with Gasteiger partial charge in [0, 0.05) is 18.2 Å². The quantitative estimate of drug-likeness (QED) is 0.884. The molecule has 0 spiro atoms. The second-order valence-electron chi connectivity index (χ2n) is 4.97. The van der Waals surface area contributed by atoms with E-state index in [-0.39, 0.29) is 6.61 Å². The van der Waals surface area contributed by atoms with E-state index in [1.807, 2.05) is 18.2 Å². The summed E-state index contributed by atoms with van der Waals surface area (Å²) in [6.45, 7) is 2.24. The number of aliphatic hydroxyl groups is 1. The van der Waals surface area contributed by atoms with Crippen LogP contribution < -0.4 is 4.74 Å². The summed E-state index contributed by atoms with van der Waals surface area (Å²) in [5.74, 6) is 0.899. The smallest absolute Gasteiger partial charge is 0.126 e. The van der Waals surface area contributed by atoms with Crippen LogP contribution in [-0.2, 0) is 0 Å². The fourth-order valence-electron chi connectivity index (χ4n) is 2.63. The Morgan fingerprint density at radius 2 is 2.21 bits per heavy atom. The number of benzene rings is 1. The topological polar surface area (TPSA) is 32.7 Å². The van der Waals surface area contributed by atoms with Gasteiger partial charge < -0.3 is 9.84 Å². The van der Waals surface area contributed by atoms with Crippen LogP contribution in [0, 0.1) is 0 Å². The molecule has 1 heterocycles. The van der Waals surface area contributed by atoms with E-state index in [1.165, 1.54) is 12.8 Å². The molecule has 104 valence electrons. The normalized spacial score (nSPS) is 20.8. The van der Waals surface area contributed by atoms with Gasteiger partial charge >= 0.3 is 0 Å². The summed E-state index contributed by atoms with van der Waals surface area (Å²) in [4.78, 5) is 2.36. The van der Waals surface area contributed by atoms with Crippen LogP contribution in [0.25, 0.3) is 6.08 Å².